The van der Waals surface area contributed by atoms with E-state index in [0.29, 0.717) is 36.8 Å². The molecule has 2 atom stereocenters. The van der Waals surface area contributed by atoms with Crippen molar-refractivity contribution in [2.75, 3.05) is 23.4 Å². The maximum Gasteiger partial charge on any atom is 0.249 e. The topological polar surface area (TPSA) is 93.9 Å². The second-order valence-corrected chi connectivity index (χ2v) is 5.41. The van der Waals surface area contributed by atoms with Gasteiger partial charge in [-0.3, -0.25) is 14.5 Å². The number of carbonyl (C=O) groups excluding carboxylic acids is 2. The van der Waals surface area contributed by atoms with Crippen molar-refractivity contribution in [1.82, 2.24) is 0 Å². The van der Waals surface area contributed by atoms with Gasteiger partial charge >= 0.3 is 0 Å². The average Bonchev–Trinajstić information content (AvgIpc) is 2.50. The number of benzene rings is 1. The van der Waals surface area contributed by atoms with E-state index >= 15 is 0 Å². The van der Waals surface area contributed by atoms with Crippen LogP contribution < -0.4 is 25.4 Å². The van der Waals surface area contributed by atoms with Crippen LogP contribution in [0.4, 0.5) is 11.4 Å². The zero-order valence-electron chi connectivity index (χ0n) is 12.6. The van der Waals surface area contributed by atoms with Crippen molar-refractivity contribution in [2.24, 2.45) is 5.73 Å². The van der Waals surface area contributed by atoms with Gasteiger partial charge in [0.15, 0.2) is 11.5 Å². The Morgan fingerprint density at radius 3 is 2.64 bits per heavy atom. The molecule has 7 nitrogen and oxygen atoms in total. The summed E-state index contributed by atoms with van der Waals surface area (Å²) in [7, 11) is 0. The third kappa shape index (κ3) is 2.22. The van der Waals surface area contributed by atoms with E-state index in [4.69, 9.17) is 15.2 Å². The Labute approximate surface area is 128 Å². The first-order valence-electron chi connectivity index (χ1n) is 7.35. The highest BCUT2D eigenvalue weighted by atomic mass is 16.6. The quantitative estimate of drug-likeness (QED) is 0.864. The molecule has 0 aliphatic carbocycles. The summed E-state index contributed by atoms with van der Waals surface area (Å²) in [5.41, 5.74) is 6.80. The van der Waals surface area contributed by atoms with Crippen molar-refractivity contribution >= 4 is 23.2 Å². The van der Waals surface area contributed by atoms with Crippen LogP contribution in [0, 0.1) is 0 Å². The highest BCUT2D eigenvalue weighted by Crippen LogP contribution is 2.43. The first-order valence-corrected chi connectivity index (χ1v) is 7.35. The molecule has 0 spiro atoms. The van der Waals surface area contributed by atoms with Gasteiger partial charge in [0.25, 0.3) is 0 Å². The molecule has 0 bridgehead atoms. The SMILES string of the molecule is CCC(C(N)=O)N1C(=O)C(C)Nc2cc3c(cc21)OCCO3. The molecule has 1 aromatic carbocycles. The first kappa shape index (κ1) is 14.5. The summed E-state index contributed by atoms with van der Waals surface area (Å²) in [6, 6.07) is 2.40. The Morgan fingerprint density at radius 1 is 1.41 bits per heavy atom. The predicted octanol–water partition coefficient (Wildman–Crippen LogP) is 0.869. The molecule has 3 rings (SSSR count). The number of nitrogens with zero attached hydrogens (tertiary/aromatic N) is 1. The highest BCUT2D eigenvalue weighted by Gasteiger charge is 2.37. The molecule has 118 valence electrons. The number of hydrogen-bond acceptors (Lipinski definition) is 5. The van der Waals surface area contributed by atoms with Crippen molar-refractivity contribution in [1.29, 1.82) is 0 Å². The van der Waals surface area contributed by atoms with Crippen molar-refractivity contribution in [3.8, 4) is 11.5 Å². The number of nitrogens with one attached hydrogen (secondary N) is 1. The van der Waals surface area contributed by atoms with Crippen LogP contribution in [0.15, 0.2) is 12.1 Å². The summed E-state index contributed by atoms with van der Waals surface area (Å²) >= 11 is 0. The van der Waals surface area contributed by atoms with E-state index in [1.165, 1.54) is 4.90 Å². The number of nitrogens with two attached hydrogens (primary N) is 1. The predicted molar refractivity (Wildman–Crippen MR) is 81.3 cm³/mol. The monoisotopic (exact) mass is 305 g/mol. The summed E-state index contributed by atoms with van der Waals surface area (Å²) in [6.45, 7) is 4.52. The Kier molecular flexibility index (Phi) is 3.56. The van der Waals surface area contributed by atoms with Gasteiger partial charge in [-0.05, 0) is 13.3 Å². The maximum atomic E-state index is 12.5. The highest BCUT2D eigenvalue weighted by molar-refractivity contribution is 6.09. The lowest BCUT2D eigenvalue weighted by molar-refractivity contribution is -0.125. The average molecular weight is 305 g/mol. The Balaban J connectivity index is 2.11. The van der Waals surface area contributed by atoms with Gasteiger partial charge in [0.1, 0.15) is 25.3 Å². The van der Waals surface area contributed by atoms with Gasteiger partial charge in [-0.2, -0.15) is 0 Å². The molecule has 1 aromatic rings. The van der Waals surface area contributed by atoms with Gasteiger partial charge in [0.2, 0.25) is 11.8 Å². The van der Waals surface area contributed by atoms with E-state index < -0.39 is 18.0 Å². The van der Waals surface area contributed by atoms with Crippen LogP contribution in [-0.4, -0.2) is 37.1 Å². The minimum Gasteiger partial charge on any atom is -0.486 e. The van der Waals surface area contributed by atoms with Crippen LogP contribution in [-0.2, 0) is 9.59 Å². The maximum absolute atomic E-state index is 12.5. The zero-order valence-corrected chi connectivity index (χ0v) is 12.6. The minimum atomic E-state index is -0.682. The molecule has 0 saturated carbocycles. The van der Waals surface area contributed by atoms with Crippen molar-refractivity contribution in [3.05, 3.63) is 12.1 Å². The van der Waals surface area contributed by atoms with Gasteiger partial charge in [-0.1, -0.05) is 6.92 Å². The number of amides is 2. The normalized spacial score (nSPS) is 20.9. The fourth-order valence-electron chi connectivity index (χ4n) is 2.85. The van der Waals surface area contributed by atoms with Gasteiger partial charge in [-0.25, -0.2) is 0 Å². The smallest absolute Gasteiger partial charge is 0.249 e. The van der Waals surface area contributed by atoms with Gasteiger partial charge in [0.05, 0.1) is 11.4 Å². The van der Waals surface area contributed by atoms with E-state index in [2.05, 4.69) is 5.32 Å². The number of ether oxygens (including phenoxy) is 2. The largest absolute Gasteiger partial charge is 0.486 e. The van der Waals surface area contributed by atoms with Crippen LogP contribution in [0.25, 0.3) is 0 Å². The molecule has 0 radical (unpaired) electrons. The second kappa shape index (κ2) is 5.40. The molecule has 22 heavy (non-hydrogen) atoms. The number of anilines is 2. The Morgan fingerprint density at radius 2 is 2.05 bits per heavy atom. The van der Waals surface area contributed by atoms with Crippen LogP contribution in [0.3, 0.4) is 0 Å². The van der Waals surface area contributed by atoms with E-state index in [9.17, 15) is 9.59 Å². The van der Waals surface area contributed by atoms with Crippen molar-refractivity contribution < 1.29 is 19.1 Å². The van der Waals surface area contributed by atoms with Gasteiger partial charge in [-0.15, -0.1) is 0 Å². The third-order valence-corrected chi connectivity index (χ3v) is 3.93. The molecular formula is C15H19N3O4. The van der Waals surface area contributed by atoms with E-state index in [1.807, 2.05) is 6.92 Å². The van der Waals surface area contributed by atoms with E-state index in [1.54, 1.807) is 19.1 Å². The molecular weight excluding hydrogens is 286 g/mol. The van der Waals surface area contributed by atoms with Crippen molar-refractivity contribution in [2.45, 2.75) is 32.4 Å². The minimum absolute atomic E-state index is 0.185. The lowest BCUT2D eigenvalue weighted by Crippen LogP contribution is -2.54. The number of rotatable bonds is 3. The Hall–Kier alpha value is -2.44. The van der Waals surface area contributed by atoms with Crippen LogP contribution >= 0.6 is 0 Å². The van der Waals surface area contributed by atoms with Crippen LogP contribution in [0.2, 0.25) is 0 Å². The molecule has 2 amide bonds. The molecule has 2 unspecified atom stereocenters. The fraction of sp³-hybridized carbons (Fsp3) is 0.467. The summed E-state index contributed by atoms with van der Waals surface area (Å²) in [5.74, 6) is 0.491. The summed E-state index contributed by atoms with van der Waals surface area (Å²) < 4.78 is 11.1. The molecule has 3 N–H and O–H groups in total. The summed E-state index contributed by atoms with van der Waals surface area (Å²) in [5, 5.41) is 3.13. The number of fused-ring (bicyclic) bond motifs is 2. The van der Waals surface area contributed by atoms with Crippen molar-refractivity contribution in [3.63, 3.8) is 0 Å². The van der Waals surface area contributed by atoms with Crippen LogP contribution in [0.5, 0.6) is 11.5 Å². The number of carbonyl (C=O) groups is 2. The third-order valence-electron chi connectivity index (χ3n) is 3.93. The molecule has 0 saturated heterocycles. The molecule has 7 heteroatoms. The van der Waals surface area contributed by atoms with Gasteiger partial charge < -0.3 is 20.5 Å². The summed E-state index contributed by atoms with van der Waals surface area (Å²) in [6.07, 6.45) is 0.446. The standard InChI is InChI=1S/C15H19N3O4/c1-3-10(14(16)19)18-11-7-13-12(21-4-5-22-13)6-9(11)17-8(2)15(18)20/h6-8,10,17H,3-5H2,1-2H3,(H2,16,19). The van der Waals surface area contributed by atoms with Crippen LogP contribution in [0.1, 0.15) is 20.3 Å². The summed E-state index contributed by atoms with van der Waals surface area (Å²) in [4.78, 5) is 25.7. The molecule has 2 aliphatic heterocycles. The number of hydrogen-bond donors (Lipinski definition) is 2. The fourth-order valence-corrected chi connectivity index (χ4v) is 2.85. The molecule has 0 aromatic heterocycles. The van der Waals surface area contributed by atoms with Gasteiger partial charge in [0, 0.05) is 12.1 Å². The second-order valence-electron chi connectivity index (χ2n) is 5.41. The first-order chi connectivity index (χ1) is 10.5. The lowest BCUT2D eigenvalue weighted by Gasteiger charge is -2.38. The molecule has 2 heterocycles. The lowest BCUT2D eigenvalue weighted by atomic mass is 10.0. The van der Waals surface area contributed by atoms with E-state index in [0.717, 1.165) is 5.69 Å². The number of primary amides is 1. The molecule has 2 aliphatic rings. The Bertz CT molecular complexity index is 631. The molecule has 0 fully saturated rings. The zero-order chi connectivity index (χ0) is 15.9. The van der Waals surface area contributed by atoms with E-state index in [-0.39, 0.29) is 5.91 Å².